The van der Waals surface area contributed by atoms with Gasteiger partial charge in [-0.05, 0) is 54.3 Å². The van der Waals surface area contributed by atoms with Crippen LogP contribution in [0.15, 0.2) is 16.6 Å². The number of nitrogens with zero attached hydrogens (tertiary/aromatic N) is 1. The zero-order chi connectivity index (χ0) is 13.1. The number of rotatable bonds is 3. The van der Waals surface area contributed by atoms with Crippen molar-refractivity contribution in [1.82, 2.24) is 4.90 Å². The monoisotopic (exact) mass is 318 g/mol. The fourth-order valence-electron chi connectivity index (χ4n) is 2.35. The highest BCUT2D eigenvalue weighted by atomic mass is 79.9. The number of nitrogens with one attached hydrogen (secondary N) is 1. The Morgan fingerprint density at radius 2 is 2.17 bits per heavy atom. The molecule has 2 rings (SSSR count). The normalized spacial score (nSPS) is 21.0. The van der Waals surface area contributed by atoms with Gasteiger partial charge >= 0.3 is 0 Å². The second-order valence-corrected chi connectivity index (χ2v) is 5.75. The Bertz CT molecular complexity index is 426. The summed E-state index contributed by atoms with van der Waals surface area (Å²) in [4.78, 5) is 2.28. The van der Waals surface area contributed by atoms with Gasteiger partial charge in [0.25, 0.3) is 0 Å². The lowest BCUT2D eigenvalue weighted by molar-refractivity contribution is 0.217. The molecule has 5 heteroatoms. The van der Waals surface area contributed by atoms with Crippen molar-refractivity contribution in [3.8, 4) is 0 Å². The van der Waals surface area contributed by atoms with Crippen LogP contribution < -0.4 is 5.32 Å². The summed E-state index contributed by atoms with van der Waals surface area (Å²) < 4.78 is 26.9. The first-order valence-corrected chi connectivity index (χ1v) is 6.92. The van der Waals surface area contributed by atoms with Crippen LogP contribution in [0.25, 0.3) is 0 Å². The Hall–Kier alpha value is -0.680. The highest BCUT2D eigenvalue weighted by molar-refractivity contribution is 9.10. The van der Waals surface area contributed by atoms with Crippen molar-refractivity contribution in [1.29, 1.82) is 0 Å². The van der Waals surface area contributed by atoms with Gasteiger partial charge in [-0.2, -0.15) is 0 Å². The highest BCUT2D eigenvalue weighted by Gasteiger charge is 2.17. The molecule has 1 aliphatic rings. The SMILES string of the molecule is CN1CCCC(CNc2cc(Br)c(F)cc2F)C1. The molecule has 0 aliphatic carbocycles. The van der Waals surface area contributed by atoms with Gasteiger partial charge in [-0.3, -0.25) is 0 Å². The van der Waals surface area contributed by atoms with Crippen LogP contribution in [0.5, 0.6) is 0 Å². The number of hydrogen-bond donors (Lipinski definition) is 1. The van der Waals surface area contributed by atoms with Crippen LogP contribution in [0.1, 0.15) is 12.8 Å². The average molecular weight is 319 g/mol. The van der Waals surface area contributed by atoms with E-state index in [1.54, 1.807) is 0 Å². The maximum absolute atomic E-state index is 13.5. The lowest BCUT2D eigenvalue weighted by atomic mass is 9.98. The summed E-state index contributed by atoms with van der Waals surface area (Å²) in [7, 11) is 2.10. The summed E-state index contributed by atoms with van der Waals surface area (Å²) in [5, 5.41) is 3.07. The molecule has 100 valence electrons. The molecule has 0 saturated carbocycles. The number of halogens is 3. The zero-order valence-electron chi connectivity index (χ0n) is 10.3. The van der Waals surface area contributed by atoms with E-state index in [4.69, 9.17) is 0 Å². The molecule has 1 aliphatic heterocycles. The van der Waals surface area contributed by atoms with E-state index in [1.807, 2.05) is 0 Å². The second-order valence-electron chi connectivity index (χ2n) is 4.90. The van der Waals surface area contributed by atoms with Crippen molar-refractivity contribution in [2.24, 2.45) is 5.92 Å². The largest absolute Gasteiger partial charge is 0.382 e. The molecule has 1 heterocycles. The van der Waals surface area contributed by atoms with Crippen LogP contribution in [0.4, 0.5) is 14.5 Å². The Morgan fingerprint density at radius 1 is 1.39 bits per heavy atom. The lowest BCUT2D eigenvalue weighted by Gasteiger charge is -2.30. The van der Waals surface area contributed by atoms with E-state index in [0.717, 1.165) is 32.1 Å². The van der Waals surface area contributed by atoms with Gasteiger partial charge in [0.05, 0.1) is 10.2 Å². The number of benzene rings is 1. The van der Waals surface area contributed by atoms with E-state index in [-0.39, 0.29) is 4.47 Å². The Balaban J connectivity index is 1.95. The first-order valence-electron chi connectivity index (χ1n) is 6.13. The van der Waals surface area contributed by atoms with Gasteiger partial charge in [-0.25, -0.2) is 8.78 Å². The molecule has 1 saturated heterocycles. The van der Waals surface area contributed by atoms with Gasteiger partial charge in [0, 0.05) is 19.2 Å². The Kier molecular flexibility index (Phi) is 4.56. The minimum atomic E-state index is -0.574. The molecule has 0 aromatic heterocycles. The molecule has 0 bridgehead atoms. The Labute approximate surface area is 114 Å². The lowest BCUT2D eigenvalue weighted by Crippen LogP contribution is -2.35. The van der Waals surface area contributed by atoms with Crippen molar-refractivity contribution in [3.05, 3.63) is 28.2 Å². The van der Waals surface area contributed by atoms with Crippen molar-refractivity contribution < 1.29 is 8.78 Å². The summed E-state index contributed by atoms with van der Waals surface area (Å²) in [6.45, 7) is 2.88. The van der Waals surface area contributed by atoms with Crippen LogP contribution >= 0.6 is 15.9 Å². The van der Waals surface area contributed by atoms with Crippen LogP contribution in [0.3, 0.4) is 0 Å². The fraction of sp³-hybridized carbons (Fsp3) is 0.538. The summed E-state index contributed by atoms with van der Waals surface area (Å²) in [5.74, 6) is -0.595. The van der Waals surface area contributed by atoms with Crippen LogP contribution in [0, 0.1) is 17.6 Å². The van der Waals surface area contributed by atoms with E-state index >= 15 is 0 Å². The quantitative estimate of drug-likeness (QED) is 0.858. The molecule has 0 radical (unpaired) electrons. The first kappa shape index (κ1) is 13.7. The maximum atomic E-state index is 13.5. The third-order valence-corrected chi connectivity index (χ3v) is 3.92. The Morgan fingerprint density at radius 3 is 2.89 bits per heavy atom. The van der Waals surface area contributed by atoms with Gasteiger partial charge in [0.15, 0.2) is 0 Å². The predicted molar refractivity (Wildman–Crippen MR) is 72.8 cm³/mol. The molecule has 0 spiro atoms. The van der Waals surface area contributed by atoms with E-state index < -0.39 is 11.6 Å². The van der Waals surface area contributed by atoms with E-state index in [2.05, 4.69) is 33.2 Å². The summed E-state index contributed by atoms with van der Waals surface area (Å²) in [5.41, 5.74) is 0.358. The highest BCUT2D eigenvalue weighted by Crippen LogP contribution is 2.24. The van der Waals surface area contributed by atoms with E-state index in [9.17, 15) is 8.78 Å². The van der Waals surface area contributed by atoms with Crippen molar-refractivity contribution >= 4 is 21.6 Å². The molecule has 1 unspecified atom stereocenters. The van der Waals surface area contributed by atoms with Gasteiger partial charge in [0.1, 0.15) is 11.6 Å². The number of likely N-dealkylation sites (tertiary alicyclic amines) is 1. The van der Waals surface area contributed by atoms with Gasteiger partial charge in [-0.15, -0.1) is 0 Å². The van der Waals surface area contributed by atoms with Crippen LogP contribution in [-0.2, 0) is 0 Å². The molecule has 1 N–H and O–H groups in total. The summed E-state index contributed by atoms with van der Waals surface area (Å²) in [6, 6.07) is 2.36. The minimum absolute atomic E-state index is 0.284. The molecular formula is C13H17BrF2N2. The van der Waals surface area contributed by atoms with Crippen molar-refractivity contribution in [2.75, 3.05) is 32.0 Å². The third-order valence-electron chi connectivity index (χ3n) is 3.31. The van der Waals surface area contributed by atoms with Crippen LogP contribution in [0.2, 0.25) is 0 Å². The molecule has 2 nitrogen and oxygen atoms in total. The smallest absolute Gasteiger partial charge is 0.149 e. The van der Waals surface area contributed by atoms with Gasteiger partial charge < -0.3 is 10.2 Å². The molecule has 0 amide bonds. The van der Waals surface area contributed by atoms with Gasteiger partial charge in [0.2, 0.25) is 0 Å². The maximum Gasteiger partial charge on any atom is 0.149 e. The topological polar surface area (TPSA) is 15.3 Å². The van der Waals surface area contributed by atoms with Crippen molar-refractivity contribution in [2.45, 2.75) is 12.8 Å². The standard InChI is InChI=1S/C13H17BrF2N2/c1-18-4-2-3-9(8-18)7-17-13-5-10(14)11(15)6-12(13)16/h5-6,9,17H,2-4,7-8H2,1H3. The van der Waals surface area contributed by atoms with Crippen LogP contribution in [-0.4, -0.2) is 31.6 Å². The average Bonchev–Trinajstić information content (AvgIpc) is 2.32. The fourth-order valence-corrected chi connectivity index (χ4v) is 2.70. The van der Waals surface area contributed by atoms with Crippen molar-refractivity contribution in [3.63, 3.8) is 0 Å². The third kappa shape index (κ3) is 3.42. The molecular weight excluding hydrogens is 302 g/mol. The summed E-state index contributed by atoms with van der Waals surface area (Å²) >= 11 is 3.07. The van der Waals surface area contributed by atoms with E-state index in [0.29, 0.717) is 11.6 Å². The van der Waals surface area contributed by atoms with E-state index in [1.165, 1.54) is 12.5 Å². The second kappa shape index (κ2) is 5.97. The zero-order valence-corrected chi connectivity index (χ0v) is 11.9. The predicted octanol–water partition coefficient (Wildman–Crippen LogP) is 3.48. The minimum Gasteiger partial charge on any atom is -0.382 e. The number of hydrogen-bond acceptors (Lipinski definition) is 2. The number of anilines is 1. The summed E-state index contributed by atoms with van der Waals surface area (Å²) in [6.07, 6.45) is 2.33. The first-order chi connectivity index (χ1) is 8.56. The molecule has 1 fully saturated rings. The molecule has 1 aromatic rings. The molecule has 1 aromatic carbocycles. The molecule has 18 heavy (non-hydrogen) atoms. The number of piperidine rings is 1. The van der Waals surface area contributed by atoms with Gasteiger partial charge in [-0.1, -0.05) is 0 Å². The molecule has 1 atom stereocenters.